The quantitative estimate of drug-likeness (QED) is 0.804. The number of carbonyl (C=O) groups is 1. The van der Waals surface area contributed by atoms with Gasteiger partial charge in [-0.15, -0.1) is 0 Å². The molecule has 0 spiro atoms. The maximum Gasteiger partial charge on any atom is 0.243 e. The molecule has 0 aliphatic carbocycles. The average Bonchev–Trinajstić information content (AvgIpc) is 2.56. The minimum atomic E-state index is -0.0823. The molecule has 2 aromatic carbocycles. The molecule has 4 nitrogen and oxygen atoms in total. The second kappa shape index (κ2) is 8.22. The van der Waals surface area contributed by atoms with Crippen molar-refractivity contribution in [1.29, 1.82) is 0 Å². The summed E-state index contributed by atoms with van der Waals surface area (Å²) >= 11 is 0. The van der Waals surface area contributed by atoms with Gasteiger partial charge in [-0.3, -0.25) is 4.79 Å². The van der Waals surface area contributed by atoms with Gasteiger partial charge in [0.1, 0.15) is 5.75 Å². The molecule has 122 valence electrons. The summed E-state index contributed by atoms with van der Waals surface area (Å²) in [5.41, 5.74) is 2.89. The third-order valence-electron chi connectivity index (χ3n) is 3.55. The number of ether oxygens (including phenoxy) is 1. The van der Waals surface area contributed by atoms with Gasteiger partial charge < -0.3 is 15.4 Å². The molecule has 2 aromatic rings. The van der Waals surface area contributed by atoms with Crippen molar-refractivity contribution < 1.29 is 9.53 Å². The number of hydrogen-bond acceptors (Lipinski definition) is 3. The third-order valence-corrected chi connectivity index (χ3v) is 3.55. The normalized spacial score (nSPS) is 11.6. The van der Waals surface area contributed by atoms with Crippen LogP contribution >= 0.6 is 0 Å². The van der Waals surface area contributed by atoms with Gasteiger partial charge in [0.25, 0.3) is 0 Å². The predicted molar refractivity (Wildman–Crippen MR) is 95.1 cm³/mol. The largest absolute Gasteiger partial charge is 0.491 e. The summed E-state index contributed by atoms with van der Waals surface area (Å²) in [4.78, 5) is 12.0. The van der Waals surface area contributed by atoms with E-state index in [0.717, 1.165) is 23.5 Å². The molecule has 1 amide bonds. The second-order valence-corrected chi connectivity index (χ2v) is 5.63. The van der Waals surface area contributed by atoms with Gasteiger partial charge in [-0.05, 0) is 56.7 Å². The average molecular weight is 312 g/mol. The molecule has 0 radical (unpaired) electrons. The molecule has 4 heteroatoms. The number of nitrogens with one attached hydrogen (secondary N) is 2. The fourth-order valence-corrected chi connectivity index (χ4v) is 1.99. The van der Waals surface area contributed by atoms with E-state index in [1.807, 2.05) is 62.4 Å². The van der Waals surface area contributed by atoms with Crippen LogP contribution in [0.25, 0.3) is 0 Å². The van der Waals surface area contributed by atoms with Gasteiger partial charge >= 0.3 is 0 Å². The van der Waals surface area contributed by atoms with Crippen molar-refractivity contribution in [3.8, 4) is 5.75 Å². The number of carbonyl (C=O) groups excluding carboxylic acids is 1. The minimum absolute atomic E-state index is 0.0823. The molecule has 1 unspecified atom stereocenters. The first-order valence-corrected chi connectivity index (χ1v) is 7.94. The van der Waals surface area contributed by atoms with E-state index in [2.05, 4.69) is 17.6 Å². The fraction of sp³-hybridized carbons (Fsp3) is 0.316. The Hall–Kier alpha value is -2.49. The summed E-state index contributed by atoms with van der Waals surface area (Å²) in [7, 11) is 0. The minimum Gasteiger partial charge on any atom is -0.491 e. The van der Waals surface area contributed by atoms with Crippen LogP contribution in [0, 0.1) is 6.92 Å². The summed E-state index contributed by atoms with van der Waals surface area (Å²) < 4.78 is 5.71. The molecule has 1 atom stereocenters. The Morgan fingerprint density at radius 3 is 2.26 bits per heavy atom. The number of benzene rings is 2. The molecule has 0 bridgehead atoms. The predicted octanol–water partition coefficient (Wildman–Crippen LogP) is 4.22. The van der Waals surface area contributed by atoms with Gasteiger partial charge in [0.05, 0.1) is 12.6 Å². The first-order chi connectivity index (χ1) is 11.1. The van der Waals surface area contributed by atoms with Crippen LogP contribution in [0.3, 0.4) is 0 Å². The smallest absolute Gasteiger partial charge is 0.243 e. The molecule has 0 heterocycles. The van der Waals surface area contributed by atoms with Crippen LogP contribution < -0.4 is 15.4 Å². The maximum absolute atomic E-state index is 12.0. The number of aryl methyl sites for hydroxylation is 1. The van der Waals surface area contributed by atoms with Gasteiger partial charge in [0.15, 0.2) is 0 Å². The fourth-order valence-electron chi connectivity index (χ4n) is 1.99. The molecule has 23 heavy (non-hydrogen) atoms. The van der Waals surface area contributed by atoms with Crippen LogP contribution in [0.5, 0.6) is 5.75 Å². The molecule has 0 aliphatic heterocycles. The maximum atomic E-state index is 12.0. The van der Waals surface area contributed by atoms with Gasteiger partial charge in [0.2, 0.25) is 5.91 Å². The van der Waals surface area contributed by atoms with Gasteiger partial charge in [0, 0.05) is 11.4 Å². The monoisotopic (exact) mass is 312 g/mol. The van der Waals surface area contributed by atoms with E-state index in [-0.39, 0.29) is 18.6 Å². The van der Waals surface area contributed by atoms with E-state index >= 15 is 0 Å². The first kappa shape index (κ1) is 16.9. The Morgan fingerprint density at radius 1 is 1.04 bits per heavy atom. The van der Waals surface area contributed by atoms with Crippen LogP contribution in [-0.2, 0) is 4.79 Å². The zero-order chi connectivity index (χ0) is 16.7. The van der Waals surface area contributed by atoms with Crippen molar-refractivity contribution in [3.63, 3.8) is 0 Å². The second-order valence-electron chi connectivity index (χ2n) is 5.63. The van der Waals surface area contributed by atoms with Crippen LogP contribution in [0.4, 0.5) is 11.4 Å². The Balaban J connectivity index is 1.81. The van der Waals surface area contributed by atoms with Crippen LogP contribution in [0.15, 0.2) is 48.5 Å². The highest BCUT2D eigenvalue weighted by Crippen LogP contribution is 2.17. The molecular weight excluding hydrogens is 288 g/mol. The van der Waals surface area contributed by atoms with E-state index in [1.165, 1.54) is 5.56 Å². The van der Waals surface area contributed by atoms with Crippen molar-refractivity contribution >= 4 is 17.3 Å². The van der Waals surface area contributed by atoms with Crippen molar-refractivity contribution in [1.82, 2.24) is 0 Å². The van der Waals surface area contributed by atoms with Gasteiger partial charge in [-0.25, -0.2) is 0 Å². The SMILES string of the molecule is CCC(C)Oc1ccc(NC(=O)CNc2ccc(C)cc2)cc1. The van der Waals surface area contributed by atoms with Gasteiger partial charge in [-0.2, -0.15) is 0 Å². The summed E-state index contributed by atoms with van der Waals surface area (Å²) in [6.07, 6.45) is 1.15. The standard InChI is InChI=1S/C19H24N2O2/c1-4-15(3)23-18-11-9-17(10-12-18)21-19(22)13-20-16-7-5-14(2)6-8-16/h5-12,15,20H,4,13H2,1-3H3,(H,21,22). The van der Waals surface area contributed by atoms with Gasteiger partial charge in [-0.1, -0.05) is 24.6 Å². The summed E-state index contributed by atoms with van der Waals surface area (Å²) in [6, 6.07) is 15.4. The number of anilines is 2. The third kappa shape index (κ3) is 5.66. The molecule has 0 saturated carbocycles. The molecular formula is C19H24N2O2. The number of amides is 1. The lowest BCUT2D eigenvalue weighted by Gasteiger charge is -2.13. The van der Waals surface area contributed by atoms with Crippen molar-refractivity contribution in [3.05, 3.63) is 54.1 Å². The molecule has 0 aliphatic rings. The van der Waals surface area contributed by atoms with Crippen LogP contribution in [-0.4, -0.2) is 18.6 Å². The Labute approximate surface area is 137 Å². The zero-order valence-corrected chi connectivity index (χ0v) is 13.9. The summed E-state index contributed by atoms with van der Waals surface area (Å²) in [5.74, 6) is 0.733. The topological polar surface area (TPSA) is 50.4 Å². The van der Waals surface area contributed by atoms with E-state index < -0.39 is 0 Å². The van der Waals surface area contributed by atoms with E-state index in [1.54, 1.807) is 0 Å². The zero-order valence-electron chi connectivity index (χ0n) is 13.9. The van der Waals surface area contributed by atoms with Crippen LogP contribution in [0.2, 0.25) is 0 Å². The van der Waals surface area contributed by atoms with Crippen LogP contribution in [0.1, 0.15) is 25.8 Å². The first-order valence-electron chi connectivity index (χ1n) is 7.94. The highest BCUT2D eigenvalue weighted by Gasteiger charge is 2.04. The number of hydrogen-bond donors (Lipinski definition) is 2. The highest BCUT2D eigenvalue weighted by atomic mass is 16.5. The highest BCUT2D eigenvalue weighted by molar-refractivity contribution is 5.93. The van der Waals surface area contributed by atoms with E-state index in [0.29, 0.717) is 0 Å². The molecule has 0 aromatic heterocycles. The molecule has 0 fully saturated rings. The molecule has 2 rings (SSSR count). The molecule has 2 N–H and O–H groups in total. The summed E-state index contributed by atoms with van der Waals surface area (Å²) in [5, 5.41) is 5.96. The lowest BCUT2D eigenvalue weighted by Crippen LogP contribution is -2.21. The van der Waals surface area contributed by atoms with Crippen molar-refractivity contribution in [2.24, 2.45) is 0 Å². The van der Waals surface area contributed by atoms with E-state index in [4.69, 9.17) is 4.74 Å². The lowest BCUT2D eigenvalue weighted by molar-refractivity contribution is -0.114. The number of rotatable bonds is 7. The Kier molecular flexibility index (Phi) is 6.03. The van der Waals surface area contributed by atoms with E-state index in [9.17, 15) is 4.79 Å². The molecule has 0 saturated heterocycles. The Morgan fingerprint density at radius 2 is 1.65 bits per heavy atom. The van der Waals surface area contributed by atoms with Crippen molar-refractivity contribution in [2.75, 3.05) is 17.2 Å². The van der Waals surface area contributed by atoms with Crippen molar-refractivity contribution in [2.45, 2.75) is 33.3 Å². The lowest BCUT2D eigenvalue weighted by atomic mass is 10.2. The summed E-state index contributed by atoms with van der Waals surface area (Å²) in [6.45, 7) is 6.38. The Bertz CT molecular complexity index is 621.